The molecule has 0 radical (unpaired) electrons. The Bertz CT molecular complexity index is 166. The van der Waals surface area contributed by atoms with Crippen LogP contribution in [0.2, 0.25) is 4.55 Å². The summed E-state index contributed by atoms with van der Waals surface area (Å²) in [5.74, 6) is 0. The van der Waals surface area contributed by atoms with Gasteiger partial charge in [0.05, 0.1) is 0 Å². The van der Waals surface area contributed by atoms with Crippen LogP contribution in [0.5, 0.6) is 0 Å². The van der Waals surface area contributed by atoms with Gasteiger partial charge in [-0.1, -0.05) is 31.6 Å². The number of hydrogen-bond acceptors (Lipinski definition) is 0. The van der Waals surface area contributed by atoms with Crippen LogP contribution in [0.25, 0.3) is 0 Å². The molecule has 0 aliphatic heterocycles. The zero-order valence-electron chi connectivity index (χ0n) is 6.98. The normalized spacial score (nSPS) is 16.2. The number of rotatable bonds is 3. The Balaban J connectivity index is 2.56. The van der Waals surface area contributed by atoms with E-state index in [0.29, 0.717) is 0 Å². The first-order valence-corrected chi connectivity index (χ1v) is 5.96. The third-order valence-electron chi connectivity index (χ3n) is 2.07. The topological polar surface area (TPSA) is 0 Å². The van der Waals surface area contributed by atoms with E-state index in [1.165, 1.54) is 17.4 Å². The third kappa shape index (κ3) is 1.86. The van der Waals surface area contributed by atoms with Crippen molar-refractivity contribution in [1.29, 1.82) is 0 Å². The molecule has 0 amide bonds. The molecule has 0 nitrogen and oxygen atoms in total. The maximum atomic E-state index is 2.32. The lowest BCUT2D eigenvalue weighted by Gasteiger charge is -2.01. The summed E-state index contributed by atoms with van der Waals surface area (Å²) in [6, 6.07) is 0. The Morgan fingerprint density at radius 3 is 2.90 bits per heavy atom. The second-order valence-corrected chi connectivity index (χ2v) is 5.19. The molecule has 0 atom stereocenters. The van der Waals surface area contributed by atoms with Crippen molar-refractivity contribution in [2.75, 3.05) is 0 Å². The highest BCUT2D eigenvalue weighted by Gasteiger charge is 2.07. The molecule has 0 saturated carbocycles. The molecule has 0 saturated heterocycles. The Morgan fingerprint density at radius 2 is 2.30 bits per heavy atom. The lowest BCUT2D eigenvalue weighted by atomic mass is 10.2. The maximum absolute atomic E-state index is 2.32. The summed E-state index contributed by atoms with van der Waals surface area (Å²) in [6.45, 7) is 4.57. The van der Waals surface area contributed by atoms with Crippen LogP contribution in [0, 0.1) is 0 Å². The second kappa shape index (κ2) is 4.19. The van der Waals surface area contributed by atoms with Gasteiger partial charge in [-0.2, -0.15) is 3.70 Å². The summed E-state index contributed by atoms with van der Waals surface area (Å²) in [7, 11) is 0. The Morgan fingerprint density at radius 1 is 1.50 bits per heavy atom. The van der Waals surface area contributed by atoms with E-state index in [4.69, 9.17) is 0 Å². The van der Waals surface area contributed by atoms with Gasteiger partial charge in [-0.3, -0.25) is 0 Å². The predicted molar refractivity (Wildman–Crippen MR) is 47.3 cm³/mol. The molecule has 10 heavy (non-hydrogen) atoms. The van der Waals surface area contributed by atoms with Crippen LogP contribution >= 0.6 is 0 Å². The van der Waals surface area contributed by atoms with Crippen LogP contribution in [0.1, 0.15) is 26.7 Å². The zero-order valence-corrected chi connectivity index (χ0v) is 8.40. The first kappa shape index (κ1) is 8.34. The Kier molecular flexibility index (Phi) is 3.50. The smallest absolute Gasteiger partial charge is 0.187 e. The molecule has 52 valence electrons. The first-order chi connectivity index (χ1) is 4.88. The molecule has 1 heteroatoms. The number of allylic oxidation sites excluding steroid dienone is 4. The van der Waals surface area contributed by atoms with Crippen LogP contribution in [-0.2, 0) is 0 Å². The van der Waals surface area contributed by atoms with E-state index < -0.39 is 0 Å². The van der Waals surface area contributed by atoms with Gasteiger partial charge in [0.2, 0.25) is 0 Å². The standard InChI is InChI=1S/C7H9.C2H5.Mg/c1-2-7-5-3-4-6-7;1-2;/h3,5H,2,4H2,1H3;1H2,2H3;. The van der Waals surface area contributed by atoms with E-state index in [9.17, 15) is 0 Å². The lowest BCUT2D eigenvalue weighted by Crippen LogP contribution is -1.93. The van der Waals surface area contributed by atoms with E-state index in [1.54, 1.807) is 5.57 Å². The van der Waals surface area contributed by atoms with Crippen LogP contribution < -0.4 is 0 Å². The highest BCUT2D eigenvalue weighted by atomic mass is 24.5. The highest BCUT2D eigenvalue weighted by molar-refractivity contribution is 6.45. The summed E-state index contributed by atoms with van der Waals surface area (Å²) >= 11 is 0.157. The average molecular weight is 147 g/mol. The molecule has 0 aromatic heterocycles. The molecular formula is C9H14Mg. The van der Waals surface area contributed by atoms with Crippen molar-refractivity contribution in [3.63, 3.8) is 0 Å². The minimum absolute atomic E-state index is 0.157. The molecule has 0 spiro atoms. The Hall–Kier alpha value is 0.246. The van der Waals surface area contributed by atoms with Crippen molar-refractivity contribution in [3.8, 4) is 0 Å². The molecule has 0 bridgehead atoms. The molecule has 0 fully saturated rings. The molecule has 0 aromatic carbocycles. The summed E-state index contributed by atoms with van der Waals surface area (Å²) < 4.78 is 3.24. The monoisotopic (exact) mass is 146 g/mol. The zero-order chi connectivity index (χ0) is 7.40. The van der Waals surface area contributed by atoms with Gasteiger partial charge in [0, 0.05) is 0 Å². The molecule has 1 aliphatic carbocycles. The van der Waals surface area contributed by atoms with Gasteiger partial charge in [-0.15, -0.1) is 4.55 Å². The van der Waals surface area contributed by atoms with Gasteiger partial charge in [0.1, 0.15) is 0 Å². The third-order valence-corrected chi connectivity index (χ3v) is 3.92. The highest BCUT2D eigenvalue weighted by Crippen LogP contribution is 2.20. The minimum Gasteiger partial charge on any atom is -0.187 e. The molecule has 0 N–H and O–H groups in total. The van der Waals surface area contributed by atoms with Crippen LogP contribution in [-0.4, -0.2) is 20.4 Å². The van der Waals surface area contributed by atoms with Crippen molar-refractivity contribution in [2.24, 2.45) is 0 Å². The maximum Gasteiger partial charge on any atom is 0.402 e. The minimum atomic E-state index is 0.157. The molecular weight excluding hydrogens is 132 g/mol. The van der Waals surface area contributed by atoms with Gasteiger partial charge in [-0.25, -0.2) is 0 Å². The van der Waals surface area contributed by atoms with Crippen LogP contribution in [0.3, 0.4) is 0 Å². The lowest BCUT2D eigenvalue weighted by molar-refractivity contribution is 1.14. The van der Waals surface area contributed by atoms with Crippen molar-refractivity contribution in [3.05, 3.63) is 21.4 Å². The second-order valence-electron chi connectivity index (χ2n) is 2.84. The van der Waals surface area contributed by atoms with Crippen molar-refractivity contribution < 1.29 is 0 Å². The summed E-state index contributed by atoms with van der Waals surface area (Å²) in [5, 5.41) is 0. The average Bonchev–Trinajstić information content (AvgIpc) is 2.36. The summed E-state index contributed by atoms with van der Waals surface area (Å²) in [6.07, 6.45) is 7.16. The predicted octanol–water partition coefficient (Wildman–Crippen LogP) is 2.75. The van der Waals surface area contributed by atoms with Crippen molar-refractivity contribution in [1.82, 2.24) is 0 Å². The summed E-state index contributed by atoms with van der Waals surface area (Å²) in [4.78, 5) is 0. The fraction of sp³-hybridized carbons (Fsp3) is 0.556. The van der Waals surface area contributed by atoms with E-state index in [1.807, 2.05) is 3.70 Å². The largest absolute Gasteiger partial charge is 0.402 e. The van der Waals surface area contributed by atoms with Gasteiger partial charge in [0.15, 0.2) is 0 Å². The summed E-state index contributed by atoms with van der Waals surface area (Å²) in [5.41, 5.74) is 1.65. The molecule has 1 aliphatic rings. The van der Waals surface area contributed by atoms with Gasteiger partial charge >= 0.3 is 20.4 Å². The van der Waals surface area contributed by atoms with E-state index >= 15 is 0 Å². The molecule has 0 heterocycles. The Labute approximate surface area is 73.1 Å². The number of hydrogen-bond donors (Lipinski definition) is 0. The van der Waals surface area contributed by atoms with Gasteiger partial charge in [-0.05, 0) is 12.8 Å². The molecule has 0 unspecified atom stereocenters. The fourth-order valence-electron chi connectivity index (χ4n) is 1.52. The SMILES string of the molecule is C[CH2][Mg][C]1=C(CC)C=CC1. The van der Waals surface area contributed by atoms with Gasteiger partial charge < -0.3 is 0 Å². The van der Waals surface area contributed by atoms with E-state index in [-0.39, 0.29) is 20.4 Å². The first-order valence-electron chi connectivity index (χ1n) is 4.26. The van der Waals surface area contributed by atoms with Crippen LogP contribution in [0.4, 0.5) is 0 Å². The molecule has 0 aromatic rings. The quantitative estimate of drug-likeness (QED) is 0.537. The fourth-order valence-corrected chi connectivity index (χ4v) is 3.19. The van der Waals surface area contributed by atoms with Crippen LogP contribution in [0.15, 0.2) is 21.4 Å². The van der Waals surface area contributed by atoms with E-state index in [0.717, 1.165) is 0 Å². The molecule has 1 rings (SSSR count). The van der Waals surface area contributed by atoms with Crippen molar-refractivity contribution >= 4 is 20.4 Å². The van der Waals surface area contributed by atoms with Gasteiger partial charge in [0.25, 0.3) is 0 Å². The van der Waals surface area contributed by atoms with E-state index in [2.05, 4.69) is 26.0 Å². The van der Waals surface area contributed by atoms with Crippen molar-refractivity contribution in [2.45, 2.75) is 31.2 Å².